The zero-order valence-electron chi connectivity index (χ0n) is 5.78. The third-order valence-corrected chi connectivity index (χ3v) is 1.13. The molecule has 1 aliphatic rings. The Morgan fingerprint density at radius 1 is 1.56 bits per heavy atom. The fourth-order valence-corrected chi connectivity index (χ4v) is 0.605. The number of rotatable bonds is 1. The fourth-order valence-electron chi connectivity index (χ4n) is 0.605. The first kappa shape index (κ1) is 6.26. The first-order valence-electron chi connectivity index (χ1n) is 3.11. The summed E-state index contributed by atoms with van der Waals surface area (Å²) in [5, 5.41) is 5.92. The van der Waals surface area contributed by atoms with E-state index in [9.17, 15) is 0 Å². The normalized spacial score (nSPS) is 17.4. The zero-order valence-corrected chi connectivity index (χ0v) is 5.78. The molecule has 0 fully saturated rings. The summed E-state index contributed by atoms with van der Waals surface area (Å²) in [5.74, 6) is 0. The molecule has 0 aliphatic carbocycles. The maximum atomic E-state index is 4.09. The lowest BCUT2D eigenvalue weighted by Gasteiger charge is -2.18. The molecule has 0 unspecified atom stereocenters. The lowest BCUT2D eigenvalue weighted by atomic mass is 10.4. The van der Waals surface area contributed by atoms with E-state index in [0.717, 1.165) is 6.54 Å². The molecule has 9 heavy (non-hydrogen) atoms. The van der Waals surface area contributed by atoms with Crippen LogP contribution in [0.4, 0.5) is 0 Å². The Morgan fingerprint density at radius 3 is 2.67 bits per heavy atom. The summed E-state index contributed by atoms with van der Waals surface area (Å²) in [5.41, 5.74) is 0. The van der Waals surface area contributed by atoms with Crippen molar-refractivity contribution in [3.05, 3.63) is 0 Å². The van der Waals surface area contributed by atoms with Gasteiger partial charge < -0.3 is 0 Å². The van der Waals surface area contributed by atoms with Crippen LogP contribution in [0.15, 0.2) is 10.1 Å². The molecule has 50 valence electrons. The summed E-state index contributed by atoms with van der Waals surface area (Å²) in [6.45, 7) is 4.88. The first-order chi connectivity index (χ1) is 4.30. The van der Waals surface area contributed by atoms with Gasteiger partial charge in [-0.3, -0.25) is 10.0 Å². The van der Waals surface area contributed by atoms with Gasteiger partial charge in [0.15, 0.2) is 0 Å². The summed E-state index contributed by atoms with van der Waals surface area (Å²) in [6, 6.07) is 0.422. The zero-order chi connectivity index (χ0) is 6.69. The Bertz CT molecular complexity index is 125. The molecule has 0 amide bonds. The van der Waals surface area contributed by atoms with Crippen molar-refractivity contribution in [1.29, 1.82) is 0 Å². The highest BCUT2D eigenvalue weighted by molar-refractivity contribution is 5.69. The predicted molar refractivity (Wildman–Crippen MR) is 38.8 cm³/mol. The molecule has 0 aromatic heterocycles. The van der Waals surface area contributed by atoms with Gasteiger partial charge in [0.1, 0.15) is 6.34 Å². The van der Waals surface area contributed by atoms with Gasteiger partial charge in [0.2, 0.25) is 0 Å². The van der Waals surface area contributed by atoms with Gasteiger partial charge in [-0.05, 0) is 13.8 Å². The van der Waals surface area contributed by atoms with Gasteiger partial charge in [-0.25, -0.2) is 0 Å². The van der Waals surface area contributed by atoms with E-state index in [0.29, 0.717) is 6.04 Å². The van der Waals surface area contributed by atoms with Crippen molar-refractivity contribution in [1.82, 2.24) is 5.01 Å². The second kappa shape index (κ2) is 2.62. The van der Waals surface area contributed by atoms with Crippen LogP contribution in [-0.2, 0) is 0 Å². The maximum absolute atomic E-state index is 4.09. The SMILES string of the molecule is CC(C)N1C=NCC=N1. The van der Waals surface area contributed by atoms with Crippen LogP contribution in [0.3, 0.4) is 0 Å². The Hall–Kier alpha value is -0.860. The molecule has 3 nitrogen and oxygen atoms in total. The molecular weight excluding hydrogens is 114 g/mol. The third-order valence-electron chi connectivity index (χ3n) is 1.13. The van der Waals surface area contributed by atoms with Gasteiger partial charge in [0, 0.05) is 12.3 Å². The molecule has 1 rings (SSSR count). The molecule has 0 atom stereocenters. The minimum absolute atomic E-state index is 0.422. The largest absolute Gasteiger partial charge is 0.268 e. The molecule has 1 aliphatic heterocycles. The summed E-state index contributed by atoms with van der Waals surface area (Å²) < 4.78 is 0. The molecule has 0 aromatic carbocycles. The van der Waals surface area contributed by atoms with Crippen molar-refractivity contribution in [3.8, 4) is 0 Å². The molecule has 0 aromatic rings. The van der Waals surface area contributed by atoms with E-state index in [-0.39, 0.29) is 0 Å². The average Bonchev–Trinajstić information content (AvgIpc) is 1.90. The first-order valence-corrected chi connectivity index (χ1v) is 3.11. The van der Waals surface area contributed by atoms with Crippen molar-refractivity contribution >= 4 is 12.6 Å². The molecule has 0 saturated heterocycles. The van der Waals surface area contributed by atoms with E-state index in [1.807, 2.05) is 5.01 Å². The molecule has 0 N–H and O–H groups in total. The molecule has 1 heterocycles. The minimum Gasteiger partial charge on any atom is -0.268 e. The van der Waals surface area contributed by atoms with Crippen molar-refractivity contribution in [2.75, 3.05) is 6.54 Å². The predicted octanol–water partition coefficient (Wildman–Crippen LogP) is 0.724. The number of hydrazone groups is 1. The van der Waals surface area contributed by atoms with E-state index < -0.39 is 0 Å². The van der Waals surface area contributed by atoms with E-state index in [1.165, 1.54) is 0 Å². The minimum atomic E-state index is 0.422. The quantitative estimate of drug-likeness (QED) is 0.507. The van der Waals surface area contributed by atoms with Crippen molar-refractivity contribution in [3.63, 3.8) is 0 Å². The molecule has 0 saturated carbocycles. The van der Waals surface area contributed by atoms with Crippen molar-refractivity contribution < 1.29 is 0 Å². The van der Waals surface area contributed by atoms with Crippen LogP contribution in [0.5, 0.6) is 0 Å². The Balaban J connectivity index is 2.49. The summed E-state index contributed by atoms with van der Waals surface area (Å²) in [4.78, 5) is 4.03. The number of aliphatic imine (C=N–C) groups is 1. The van der Waals surface area contributed by atoms with E-state index in [1.54, 1.807) is 12.6 Å². The average molecular weight is 125 g/mol. The summed E-state index contributed by atoms with van der Waals surface area (Å²) in [7, 11) is 0. The van der Waals surface area contributed by atoms with Gasteiger partial charge in [-0.1, -0.05) is 0 Å². The number of hydrogen-bond donors (Lipinski definition) is 0. The molecule has 0 bridgehead atoms. The van der Waals surface area contributed by atoms with Crippen LogP contribution in [0.1, 0.15) is 13.8 Å². The number of nitrogens with zero attached hydrogens (tertiary/aromatic N) is 3. The molecular formula is C6H11N3. The topological polar surface area (TPSA) is 28.0 Å². The third kappa shape index (κ3) is 1.52. The number of hydrogen-bond acceptors (Lipinski definition) is 3. The van der Waals surface area contributed by atoms with Gasteiger partial charge in [-0.15, -0.1) is 0 Å². The van der Waals surface area contributed by atoms with Gasteiger partial charge in [0.05, 0.1) is 6.54 Å². The molecule has 3 heteroatoms. The van der Waals surface area contributed by atoms with E-state index >= 15 is 0 Å². The highest BCUT2D eigenvalue weighted by Gasteiger charge is 2.02. The van der Waals surface area contributed by atoms with E-state index in [2.05, 4.69) is 23.9 Å². The van der Waals surface area contributed by atoms with Crippen LogP contribution in [0.25, 0.3) is 0 Å². The smallest absolute Gasteiger partial charge is 0.107 e. The second-order valence-electron chi connectivity index (χ2n) is 2.25. The standard InChI is InChI=1S/C6H11N3/c1-6(2)9-5-7-3-4-8-9/h4-6H,3H2,1-2H3. The van der Waals surface area contributed by atoms with Gasteiger partial charge in [0.25, 0.3) is 0 Å². The Morgan fingerprint density at radius 2 is 2.33 bits per heavy atom. The molecule has 0 radical (unpaired) electrons. The van der Waals surface area contributed by atoms with Crippen LogP contribution < -0.4 is 0 Å². The van der Waals surface area contributed by atoms with Crippen molar-refractivity contribution in [2.45, 2.75) is 19.9 Å². The van der Waals surface area contributed by atoms with Gasteiger partial charge >= 0.3 is 0 Å². The monoisotopic (exact) mass is 125 g/mol. The van der Waals surface area contributed by atoms with Crippen LogP contribution in [0.2, 0.25) is 0 Å². The Kier molecular flexibility index (Phi) is 1.82. The lowest BCUT2D eigenvalue weighted by Crippen LogP contribution is -2.26. The second-order valence-corrected chi connectivity index (χ2v) is 2.25. The summed E-state index contributed by atoms with van der Waals surface area (Å²) >= 11 is 0. The highest BCUT2D eigenvalue weighted by atomic mass is 15.5. The Labute approximate surface area is 55.1 Å². The fraction of sp³-hybridized carbons (Fsp3) is 0.667. The van der Waals surface area contributed by atoms with Crippen LogP contribution in [-0.4, -0.2) is 30.1 Å². The van der Waals surface area contributed by atoms with E-state index in [4.69, 9.17) is 0 Å². The van der Waals surface area contributed by atoms with Crippen molar-refractivity contribution in [2.24, 2.45) is 10.1 Å². The highest BCUT2D eigenvalue weighted by Crippen LogP contribution is 1.96. The lowest BCUT2D eigenvalue weighted by molar-refractivity contribution is 0.376. The summed E-state index contributed by atoms with van der Waals surface area (Å²) in [6.07, 6.45) is 3.57. The van der Waals surface area contributed by atoms with Crippen LogP contribution in [0, 0.1) is 0 Å². The molecule has 0 spiro atoms. The van der Waals surface area contributed by atoms with Crippen LogP contribution >= 0.6 is 0 Å². The maximum Gasteiger partial charge on any atom is 0.107 e. The van der Waals surface area contributed by atoms with Gasteiger partial charge in [-0.2, -0.15) is 5.10 Å².